The van der Waals surface area contributed by atoms with Crippen LogP contribution in [0.5, 0.6) is 0 Å². The molecule has 3 aromatic carbocycles. The molecule has 226 valence electrons. The first-order chi connectivity index (χ1) is 20.5. The van der Waals surface area contributed by atoms with Crippen LogP contribution in [0.4, 0.5) is 5.69 Å². The molecule has 1 aliphatic carbocycles. The zero-order valence-electron chi connectivity index (χ0n) is 25.3. The van der Waals surface area contributed by atoms with Crippen LogP contribution in [0, 0.1) is 24.2 Å². The Morgan fingerprint density at radius 3 is 2.44 bits per heavy atom. The number of methoxy groups -OCH3 is 1. The Hall–Kier alpha value is -3.33. The zero-order chi connectivity index (χ0) is 30.4. The van der Waals surface area contributed by atoms with Gasteiger partial charge in [-0.15, -0.1) is 0 Å². The number of carbonyl (C=O) groups excluding carboxylic acids is 1. The molecule has 3 aromatic rings. The highest BCUT2D eigenvalue weighted by atomic mass is 32.2. The van der Waals surface area contributed by atoms with Gasteiger partial charge in [-0.05, 0) is 66.8 Å². The van der Waals surface area contributed by atoms with E-state index < -0.39 is 26.9 Å². The van der Waals surface area contributed by atoms with Crippen molar-refractivity contribution in [3.63, 3.8) is 0 Å². The summed E-state index contributed by atoms with van der Waals surface area (Å²) in [5, 5.41) is 0. The molecule has 1 spiro atoms. The van der Waals surface area contributed by atoms with Crippen molar-refractivity contribution in [3.05, 3.63) is 95.6 Å². The summed E-state index contributed by atoms with van der Waals surface area (Å²) in [6.07, 6.45) is 2.13. The van der Waals surface area contributed by atoms with E-state index in [2.05, 4.69) is 55.1 Å². The highest BCUT2D eigenvalue weighted by molar-refractivity contribution is 7.86. The normalized spacial score (nSPS) is 25.0. The van der Waals surface area contributed by atoms with Crippen LogP contribution in [0.2, 0.25) is 0 Å². The van der Waals surface area contributed by atoms with E-state index in [4.69, 9.17) is 13.9 Å². The lowest BCUT2D eigenvalue weighted by molar-refractivity contribution is -0.144. The average molecular weight is 601 g/mol. The van der Waals surface area contributed by atoms with E-state index in [1.165, 1.54) is 18.2 Å². The molecule has 2 fully saturated rings. The second kappa shape index (κ2) is 11.3. The number of hydrogen-bond donors (Lipinski definition) is 0. The Morgan fingerprint density at radius 1 is 1.02 bits per heavy atom. The van der Waals surface area contributed by atoms with Gasteiger partial charge in [0, 0.05) is 24.8 Å². The van der Waals surface area contributed by atoms with Gasteiger partial charge < -0.3 is 4.74 Å². The predicted octanol–water partition coefficient (Wildman–Crippen LogP) is 6.22. The van der Waals surface area contributed by atoms with Gasteiger partial charge in [-0.25, -0.2) is 0 Å². The van der Waals surface area contributed by atoms with Crippen molar-refractivity contribution in [2.24, 2.45) is 22.2 Å². The van der Waals surface area contributed by atoms with Crippen molar-refractivity contribution in [2.45, 2.75) is 62.9 Å². The van der Waals surface area contributed by atoms with Crippen molar-refractivity contribution in [3.8, 4) is 0 Å². The smallest absolute Gasteiger partial charge is 0.314 e. The van der Waals surface area contributed by atoms with Gasteiger partial charge in [0.25, 0.3) is 10.1 Å². The third-order valence-corrected chi connectivity index (χ3v) is 10.8. The lowest BCUT2D eigenvalue weighted by Gasteiger charge is -2.49. The number of carbonyl (C=O) groups is 1. The molecule has 4 unspecified atom stereocenters. The van der Waals surface area contributed by atoms with Gasteiger partial charge in [0.2, 0.25) is 0 Å². The number of esters is 1. The summed E-state index contributed by atoms with van der Waals surface area (Å²) < 4.78 is 37.2. The Kier molecular flexibility index (Phi) is 7.82. The molecular formula is C35H40N2O5S. The Labute approximate surface area is 255 Å². The molecule has 2 aliphatic heterocycles. The van der Waals surface area contributed by atoms with Gasteiger partial charge in [0.05, 0.1) is 35.6 Å². The number of aryl methyl sites for hydroxylation is 1. The monoisotopic (exact) mass is 600 g/mol. The standard InChI is InChI=1S/C35H40N2O5S/c1-24-14-16-27(17-15-24)43(39,40)42-23-34(2,3)21-26-20-28(33(38)41-4)31-35(29-12-8-9-13-30(29)36-31)18-19-37(32(26)35)22-25-10-6-5-7-11-25/h5-17,26,28,32H,18-23H2,1-4H3. The van der Waals surface area contributed by atoms with E-state index in [0.717, 1.165) is 36.5 Å². The molecule has 0 bridgehead atoms. The molecule has 0 N–H and O–H groups in total. The predicted molar refractivity (Wildman–Crippen MR) is 167 cm³/mol. The first-order valence-electron chi connectivity index (χ1n) is 15.0. The van der Waals surface area contributed by atoms with Crippen LogP contribution in [-0.4, -0.2) is 51.3 Å². The van der Waals surface area contributed by atoms with Gasteiger partial charge in [0.15, 0.2) is 0 Å². The summed E-state index contributed by atoms with van der Waals surface area (Å²) >= 11 is 0. The number of hydrogen-bond acceptors (Lipinski definition) is 7. The van der Waals surface area contributed by atoms with Gasteiger partial charge in [-0.2, -0.15) is 8.42 Å². The van der Waals surface area contributed by atoms with Crippen LogP contribution in [-0.2, 0) is 35.8 Å². The maximum atomic E-state index is 13.3. The van der Waals surface area contributed by atoms with Crippen molar-refractivity contribution in [1.82, 2.24) is 4.90 Å². The van der Waals surface area contributed by atoms with E-state index in [9.17, 15) is 13.2 Å². The lowest BCUT2D eigenvalue weighted by Crippen LogP contribution is -2.58. The van der Waals surface area contributed by atoms with Gasteiger partial charge >= 0.3 is 5.97 Å². The number of rotatable bonds is 9. The SMILES string of the molecule is COC(=O)C1CC(CC(C)(C)COS(=O)(=O)c2ccc(C)cc2)C2N(Cc3ccccc3)CCC23C1=Nc1ccccc13. The molecular weight excluding hydrogens is 560 g/mol. The molecule has 1 saturated carbocycles. The second-order valence-corrected chi connectivity index (χ2v) is 14.7. The lowest BCUT2D eigenvalue weighted by atomic mass is 9.57. The summed E-state index contributed by atoms with van der Waals surface area (Å²) in [5.74, 6) is -0.642. The maximum Gasteiger partial charge on any atom is 0.314 e. The fourth-order valence-electron chi connectivity index (χ4n) is 7.76. The number of fused-ring (bicyclic) bond motifs is 1. The summed E-state index contributed by atoms with van der Waals surface area (Å²) in [7, 11) is -2.46. The summed E-state index contributed by atoms with van der Waals surface area (Å²) in [5.41, 5.74) is 4.37. The van der Waals surface area contributed by atoms with Crippen LogP contribution in [0.1, 0.15) is 49.8 Å². The zero-order valence-corrected chi connectivity index (χ0v) is 26.1. The van der Waals surface area contributed by atoms with Gasteiger partial charge in [0.1, 0.15) is 0 Å². The number of nitrogens with zero attached hydrogens (tertiary/aromatic N) is 2. The van der Waals surface area contributed by atoms with Crippen LogP contribution in [0.15, 0.2) is 88.8 Å². The van der Waals surface area contributed by atoms with Crippen molar-refractivity contribution < 1.29 is 22.1 Å². The minimum atomic E-state index is -3.91. The van der Waals surface area contributed by atoms with Gasteiger partial charge in [-0.3, -0.25) is 18.9 Å². The molecule has 1 saturated heterocycles. The third kappa shape index (κ3) is 5.45. The van der Waals surface area contributed by atoms with Crippen molar-refractivity contribution in [2.75, 3.05) is 20.3 Å². The number of benzene rings is 3. The molecule has 0 aromatic heterocycles. The summed E-state index contributed by atoms with van der Waals surface area (Å²) in [6, 6.07) is 25.6. The Bertz CT molecular complexity index is 1630. The fourth-order valence-corrected chi connectivity index (χ4v) is 8.84. The van der Waals surface area contributed by atoms with E-state index >= 15 is 0 Å². The Morgan fingerprint density at radius 2 is 1.72 bits per heavy atom. The number of likely N-dealkylation sites (tertiary alicyclic amines) is 1. The van der Waals surface area contributed by atoms with Crippen LogP contribution >= 0.6 is 0 Å². The topological polar surface area (TPSA) is 85.3 Å². The molecule has 2 heterocycles. The molecule has 6 rings (SSSR count). The van der Waals surface area contributed by atoms with Crippen molar-refractivity contribution in [1.29, 1.82) is 0 Å². The van der Waals surface area contributed by atoms with E-state index in [0.29, 0.717) is 12.8 Å². The molecule has 4 atom stereocenters. The molecule has 0 amide bonds. The number of ether oxygens (including phenoxy) is 1. The quantitative estimate of drug-likeness (QED) is 0.214. The van der Waals surface area contributed by atoms with Crippen LogP contribution < -0.4 is 0 Å². The second-order valence-electron chi connectivity index (χ2n) is 13.1. The fraction of sp³-hybridized carbons (Fsp3) is 0.429. The maximum absolute atomic E-state index is 13.3. The highest BCUT2D eigenvalue weighted by Gasteiger charge is 2.63. The number of aliphatic imine (C=N–C) groups is 1. The first-order valence-corrected chi connectivity index (χ1v) is 16.5. The molecule has 0 radical (unpaired) electrons. The average Bonchev–Trinajstić information content (AvgIpc) is 3.54. The summed E-state index contributed by atoms with van der Waals surface area (Å²) in [4.78, 5) is 21.2. The van der Waals surface area contributed by atoms with Crippen molar-refractivity contribution >= 4 is 27.5 Å². The molecule has 8 heteroatoms. The molecule has 3 aliphatic rings. The molecule has 43 heavy (non-hydrogen) atoms. The first kappa shape index (κ1) is 29.7. The van der Waals surface area contributed by atoms with E-state index in [1.807, 2.05) is 25.1 Å². The van der Waals surface area contributed by atoms with Gasteiger partial charge in [-0.1, -0.05) is 80.1 Å². The highest BCUT2D eigenvalue weighted by Crippen LogP contribution is 2.58. The van der Waals surface area contributed by atoms with Crippen LogP contribution in [0.3, 0.4) is 0 Å². The summed E-state index contributed by atoms with van der Waals surface area (Å²) in [6.45, 7) is 7.73. The van der Waals surface area contributed by atoms with E-state index in [1.54, 1.807) is 24.3 Å². The largest absolute Gasteiger partial charge is 0.469 e. The number of para-hydroxylation sites is 1. The molecule has 7 nitrogen and oxygen atoms in total. The van der Waals surface area contributed by atoms with E-state index in [-0.39, 0.29) is 29.4 Å². The minimum Gasteiger partial charge on any atom is -0.469 e. The Balaban J connectivity index is 1.35. The van der Waals surface area contributed by atoms with Crippen LogP contribution in [0.25, 0.3) is 0 Å². The minimum absolute atomic E-state index is 0.0402. The third-order valence-electron chi connectivity index (χ3n) is 9.53.